The number of nitrogens with one attached hydrogen (secondary N) is 2. The van der Waals surface area contributed by atoms with Gasteiger partial charge in [-0.25, -0.2) is 4.79 Å². The van der Waals surface area contributed by atoms with Crippen LogP contribution in [0.1, 0.15) is 59.3 Å². The Kier molecular flexibility index (Phi) is 4.55. The van der Waals surface area contributed by atoms with Crippen LogP contribution in [-0.2, 0) is 14.3 Å². The minimum Gasteiger partial charge on any atom is -0.455 e. The molecular formula is C18H27ClN2O4. The highest BCUT2D eigenvalue weighted by Crippen LogP contribution is 2.64. The van der Waals surface area contributed by atoms with E-state index in [4.69, 9.17) is 16.3 Å². The molecule has 140 valence electrons. The first-order valence-corrected chi connectivity index (χ1v) is 9.35. The van der Waals surface area contributed by atoms with Gasteiger partial charge >= 0.3 is 12.0 Å². The van der Waals surface area contributed by atoms with Crippen molar-refractivity contribution < 1.29 is 19.1 Å². The smallest absolute Gasteiger partial charge is 0.321 e. The fourth-order valence-electron chi connectivity index (χ4n) is 5.21. The van der Waals surface area contributed by atoms with E-state index >= 15 is 0 Å². The van der Waals surface area contributed by atoms with E-state index < -0.39 is 29.5 Å². The Morgan fingerprint density at radius 2 is 1.72 bits per heavy atom. The Morgan fingerprint density at radius 3 is 2.24 bits per heavy atom. The number of carbonyl (C=O) groups is 3. The van der Waals surface area contributed by atoms with E-state index in [0.717, 1.165) is 32.1 Å². The third kappa shape index (κ3) is 4.10. The van der Waals surface area contributed by atoms with Crippen LogP contribution < -0.4 is 10.6 Å². The van der Waals surface area contributed by atoms with Gasteiger partial charge in [-0.15, -0.1) is 11.6 Å². The maximum atomic E-state index is 12.7. The quantitative estimate of drug-likeness (QED) is 0.591. The first kappa shape index (κ1) is 18.5. The second-order valence-electron chi connectivity index (χ2n) is 9.22. The highest BCUT2D eigenvalue weighted by molar-refractivity contribution is 6.24. The first-order valence-electron chi connectivity index (χ1n) is 8.97. The summed E-state index contributed by atoms with van der Waals surface area (Å²) in [7, 11) is 0. The second-order valence-corrected chi connectivity index (χ2v) is 10.0. The summed E-state index contributed by atoms with van der Waals surface area (Å²) in [5, 5.41) is 4.80. The molecule has 25 heavy (non-hydrogen) atoms. The molecule has 4 bridgehead atoms. The maximum Gasteiger partial charge on any atom is 0.321 e. The number of ether oxygens (including phenoxy) is 1. The predicted octanol–water partition coefficient (Wildman–Crippen LogP) is 2.73. The van der Waals surface area contributed by atoms with Crippen molar-refractivity contribution in [3.8, 4) is 0 Å². The summed E-state index contributed by atoms with van der Waals surface area (Å²) in [6.07, 6.45) is 5.36. The van der Waals surface area contributed by atoms with Crippen LogP contribution in [0.15, 0.2) is 0 Å². The molecule has 7 heteroatoms. The zero-order valence-corrected chi connectivity index (χ0v) is 15.9. The lowest BCUT2D eigenvalue weighted by molar-refractivity contribution is -0.171. The molecule has 0 aromatic carbocycles. The number of amides is 3. The molecule has 4 aliphatic carbocycles. The number of imide groups is 1. The van der Waals surface area contributed by atoms with Crippen molar-refractivity contribution in [2.75, 3.05) is 6.61 Å². The van der Waals surface area contributed by atoms with Crippen LogP contribution in [0.4, 0.5) is 4.79 Å². The summed E-state index contributed by atoms with van der Waals surface area (Å²) in [6.45, 7) is 4.99. The monoisotopic (exact) mass is 370 g/mol. The summed E-state index contributed by atoms with van der Waals surface area (Å²) in [4.78, 5) is 36.0. The lowest BCUT2D eigenvalue weighted by Crippen LogP contribution is -2.56. The molecular weight excluding hydrogens is 344 g/mol. The van der Waals surface area contributed by atoms with Crippen molar-refractivity contribution in [3.05, 3.63) is 0 Å². The third-order valence-corrected chi connectivity index (χ3v) is 5.94. The molecule has 0 saturated heterocycles. The van der Waals surface area contributed by atoms with Crippen molar-refractivity contribution in [1.82, 2.24) is 10.6 Å². The first-order chi connectivity index (χ1) is 11.5. The maximum absolute atomic E-state index is 12.7. The van der Waals surface area contributed by atoms with Crippen LogP contribution in [0.2, 0.25) is 0 Å². The Morgan fingerprint density at radius 1 is 1.12 bits per heavy atom. The molecule has 4 atom stereocenters. The van der Waals surface area contributed by atoms with Gasteiger partial charge in [0, 0.05) is 10.4 Å². The van der Waals surface area contributed by atoms with Crippen molar-refractivity contribution in [2.45, 2.75) is 69.7 Å². The van der Waals surface area contributed by atoms with E-state index in [0.29, 0.717) is 18.3 Å². The van der Waals surface area contributed by atoms with E-state index in [1.807, 2.05) is 20.8 Å². The van der Waals surface area contributed by atoms with E-state index in [9.17, 15) is 14.4 Å². The normalized spacial score (nSPS) is 36.0. The summed E-state index contributed by atoms with van der Waals surface area (Å²) in [5.74, 6) is 0.00815. The van der Waals surface area contributed by atoms with Gasteiger partial charge in [-0.3, -0.25) is 14.9 Å². The van der Waals surface area contributed by atoms with Crippen LogP contribution in [0.25, 0.3) is 0 Å². The van der Waals surface area contributed by atoms with E-state index in [1.54, 1.807) is 0 Å². The number of alkyl halides is 1. The zero-order valence-electron chi connectivity index (χ0n) is 15.1. The van der Waals surface area contributed by atoms with Crippen molar-refractivity contribution in [1.29, 1.82) is 0 Å². The largest absolute Gasteiger partial charge is 0.455 e. The van der Waals surface area contributed by atoms with Crippen LogP contribution in [0.5, 0.6) is 0 Å². The van der Waals surface area contributed by atoms with Gasteiger partial charge < -0.3 is 10.1 Å². The number of esters is 1. The van der Waals surface area contributed by atoms with Gasteiger partial charge in [0.15, 0.2) is 6.61 Å². The fourth-order valence-corrected chi connectivity index (χ4v) is 5.90. The van der Waals surface area contributed by atoms with Crippen LogP contribution in [0.3, 0.4) is 0 Å². The fraction of sp³-hybridized carbons (Fsp3) is 0.833. The number of hydrogen-bond donors (Lipinski definition) is 2. The van der Waals surface area contributed by atoms with Crippen molar-refractivity contribution in [3.63, 3.8) is 0 Å². The lowest BCUT2D eigenvalue weighted by atomic mass is 9.49. The summed E-state index contributed by atoms with van der Waals surface area (Å²) in [6, 6.07) is -0.594. The minimum absolute atomic E-state index is 0.280. The highest BCUT2D eigenvalue weighted by atomic mass is 35.5. The molecule has 4 aliphatic rings. The van der Waals surface area contributed by atoms with Gasteiger partial charge in [0.05, 0.1) is 5.41 Å². The number of carbonyl (C=O) groups excluding carboxylic acids is 3. The molecule has 0 heterocycles. The highest BCUT2D eigenvalue weighted by Gasteiger charge is 2.60. The standard InChI is InChI=1S/C18H27ClN2O4/c1-16(2,3)21-15(24)20-13(22)9-25-14(23)17-5-11-4-12(6-17)8-18(19,7-11)10-17/h11-12H,4-10H2,1-3H3,(H2,20,21,22,24)/t11-,12+,17?,18?. The van der Waals surface area contributed by atoms with E-state index in [2.05, 4.69) is 10.6 Å². The molecule has 6 nitrogen and oxygen atoms in total. The van der Waals surface area contributed by atoms with Crippen LogP contribution in [-0.4, -0.2) is 34.9 Å². The lowest BCUT2D eigenvalue weighted by Gasteiger charge is -2.58. The van der Waals surface area contributed by atoms with Gasteiger partial charge in [-0.2, -0.15) is 0 Å². The van der Waals surface area contributed by atoms with Crippen LogP contribution >= 0.6 is 11.6 Å². The summed E-state index contributed by atoms with van der Waals surface area (Å²) >= 11 is 6.72. The Bertz CT molecular complexity index is 584. The molecule has 4 saturated carbocycles. The Hall–Kier alpha value is -1.30. The topological polar surface area (TPSA) is 84.5 Å². The van der Waals surface area contributed by atoms with Gasteiger partial charge in [0.1, 0.15) is 0 Å². The minimum atomic E-state index is -0.625. The molecule has 2 N–H and O–H groups in total. The summed E-state index contributed by atoms with van der Waals surface area (Å²) < 4.78 is 5.28. The molecule has 3 amide bonds. The van der Waals surface area contributed by atoms with Gasteiger partial charge in [0.2, 0.25) is 0 Å². The molecule has 2 unspecified atom stereocenters. The number of halogens is 1. The van der Waals surface area contributed by atoms with Crippen molar-refractivity contribution in [2.24, 2.45) is 17.3 Å². The number of rotatable bonds is 3. The third-order valence-electron chi connectivity index (χ3n) is 5.50. The van der Waals surface area contributed by atoms with Gasteiger partial charge in [-0.1, -0.05) is 0 Å². The van der Waals surface area contributed by atoms with E-state index in [1.165, 1.54) is 0 Å². The number of hydrogen-bond acceptors (Lipinski definition) is 4. The van der Waals surface area contributed by atoms with Gasteiger partial charge in [-0.05, 0) is 71.1 Å². The predicted molar refractivity (Wildman–Crippen MR) is 93.1 cm³/mol. The molecule has 0 aromatic heterocycles. The second kappa shape index (κ2) is 6.15. The van der Waals surface area contributed by atoms with Crippen LogP contribution in [0, 0.1) is 17.3 Å². The Balaban J connectivity index is 1.53. The van der Waals surface area contributed by atoms with E-state index in [-0.39, 0.29) is 10.8 Å². The number of urea groups is 1. The molecule has 0 radical (unpaired) electrons. The zero-order chi connectivity index (χ0) is 18.5. The van der Waals surface area contributed by atoms with Gasteiger partial charge in [0.25, 0.3) is 5.91 Å². The average molecular weight is 371 g/mol. The Labute approximate surface area is 153 Å². The molecule has 0 aromatic rings. The average Bonchev–Trinajstić information content (AvgIpc) is 2.39. The van der Waals surface area contributed by atoms with Crippen molar-refractivity contribution >= 4 is 29.5 Å². The summed E-state index contributed by atoms with van der Waals surface area (Å²) in [5.41, 5.74) is -0.991. The molecule has 4 rings (SSSR count). The molecule has 0 aliphatic heterocycles. The molecule has 0 spiro atoms. The SMILES string of the molecule is CC(C)(C)NC(=O)NC(=O)COC(=O)C12C[C@@H]3C[C@@H](CC(Cl)(C3)C1)C2. The molecule has 4 fully saturated rings.